The van der Waals surface area contributed by atoms with E-state index in [4.69, 9.17) is 20.5 Å². The van der Waals surface area contributed by atoms with E-state index in [-0.39, 0.29) is 11.9 Å². The fourth-order valence-corrected chi connectivity index (χ4v) is 6.70. The number of carbonyl (C=O) groups excluding carboxylic acids is 1. The van der Waals surface area contributed by atoms with Crippen molar-refractivity contribution in [3.8, 4) is 0 Å². The average Bonchev–Trinajstić information content (AvgIpc) is 2.98. The van der Waals surface area contributed by atoms with Crippen molar-refractivity contribution in [3.63, 3.8) is 0 Å². The molecule has 0 saturated carbocycles. The molecule has 0 aliphatic rings. The van der Waals surface area contributed by atoms with Gasteiger partial charge in [-0.3, -0.25) is 8.98 Å². The molecule has 45 heavy (non-hydrogen) atoms. The van der Waals surface area contributed by atoms with E-state index in [1.165, 1.54) is 0 Å². The summed E-state index contributed by atoms with van der Waals surface area (Å²) in [6, 6.07) is 25.9. The number of ether oxygens (including phenoxy) is 1. The number of rotatable bonds is 14. The molecule has 0 aliphatic heterocycles. The monoisotopic (exact) mass is 663 g/mol. The lowest BCUT2D eigenvalue weighted by Gasteiger charge is -2.22. The van der Waals surface area contributed by atoms with Crippen LogP contribution < -0.4 is 0 Å². The maximum atomic E-state index is 13.1. The number of carbonyl (C=O) groups is 1. The Morgan fingerprint density at radius 3 is 2.47 bits per heavy atom. The second-order valence-electron chi connectivity index (χ2n) is 12.5. The van der Waals surface area contributed by atoms with Gasteiger partial charge in [-0.1, -0.05) is 98.8 Å². The standard InChI is InChI=1S/C36H42ClNO5SSi/c1-6-32(36(39)42-22-23-45(3,4)5)33-13-8-7-11-27(33)17-21-35(43-44(2,40)41)29-12-9-10-26(24-29)14-19-31-20-16-28-15-18-30(37)25-34(28)38-31/h7-16,18-20,24-25,32,35H,6,17,21-23H2,1-5H3/b19-14+/t32?,35-/m1/s1. The van der Waals surface area contributed by atoms with E-state index >= 15 is 0 Å². The molecule has 0 bridgehead atoms. The third-order valence-corrected chi connectivity index (χ3v) is 10.1. The van der Waals surface area contributed by atoms with E-state index in [0.717, 1.165) is 51.2 Å². The summed E-state index contributed by atoms with van der Waals surface area (Å²) in [5, 5.41) is 1.64. The van der Waals surface area contributed by atoms with Crippen LogP contribution in [0.4, 0.5) is 0 Å². The Balaban J connectivity index is 1.53. The average molecular weight is 664 g/mol. The molecular formula is C36H42ClNO5SSi. The highest BCUT2D eigenvalue weighted by Gasteiger charge is 2.25. The van der Waals surface area contributed by atoms with E-state index in [2.05, 4.69) is 24.6 Å². The van der Waals surface area contributed by atoms with Crippen molar-refractivity contribution >= 4 is 58.8 Å². The number of aromatic nitrogens is 1. The van der Waals surface area contributed by atoms with Crippen LogP contribution in [0.1, 0.15) is 59.7 Å². The number of esters is 1. The molecule has 0 amide bonds. The van der Waals surface area contributed by atoms with Crippen LogP contribution in [0.3, 0.4) is 0 Å². The van der Waals surface area contributed by atoms with E-state index in [1.807, 2.05) is 97.9 Å². The highest BCUT2D eigenvalue weighted by Crippen LogP contribution is 2.31. The van der Waals surface area contributed by atoms with Crippen molar-refractivity contribution in [1.29, 1.82) is 0 Å². The third kappa shape index (κ3) is 10.6. The summed E-state index contributed by atoms with van der Waals surface area (Å²) in [6.07, 6.45) is 5.76. The van der Waals surface area contributed by atoms with Gasteiger partial charge >= 0.3 is 5.97 Å². The lowest BCUT2D eigenvalue weighted by molar-refractivity contribution is -0.145. The number of halogens is 1. The highest BCUT2D eigenvalue weighted by atomic mass is 35.5. The Morgan fingerprint density at radius 2 is 1.73 bits per heavy atom. The van der Waals surface area contributed by atoms with Crippen LogP contribution in [0.2, 0.25) is 30.7 Å². The number of hydrogen-bond acceptors (Lipinski definition) is 6. The highest BCUT2D eigenvalue weighted by molar-refractivity contribution is 7.86. The summed E-state index contributed by atoms with van der Waals surface area (Å²) < 4.78 is 36.0. The zero-order valence-corrected chi connectivity index (χ0v) is 29.2. The minimum atomic E-state index is -3.74. The van der Waals surface area contributed by atoms with Crippen LogP contribution in [0.5, 0.6) is 0 Å². The molecule has 0 spiro atoms. The molecule has 0 N–H and O–H groups in total. The Kier molecular flexibility index (Phi) is 11.8. The Morgan fingerprint density at radius 1 is 0.978 bits per heavy atom. The van der Waals surface area contributed by atoms with Crippen LogP contribution in [0.25, 0.3) is 23.1 Å². The molecule has 9 heteroatoms. The molecule has 6 nitrogen and oxygen atoms in total. The first kappa shape index (κ1) is 34.6. The maximum Gasteiger partial charge on any atom is 0.313 e. The zero-order chi connectivity index (χ0) is 32.6. The number of aryl methyl sites for hydroxylation is 1. The number of fused-ring (bicyclic) bond motifs is 1. The fraction of sp³-hybridized carbons (Fsp3) is 0.333. The van der Waals surface area contributed by atoms with Gasteiger partial charge in [0.2, 0.25) is 0 Å². The fourth-order valence-electron chi connectivity index (χ4n) is 5.19. The molecule has 4 rings (SSSR count). The molecule has 4 aromatic rings. The molecule has 0 saturated heterocycles. The molecule has 1 unspecified atom stereocenters. The summed E-state index contributed by atoms with van der Waals surface area (Å²) in [4.78, 5) is 17.8. The smallest absolute Gasteiger partial charge is 0.313 e. The summed E-state index contributed by atoms with van der Waals surface area (Å²) in [6.45, 7) is 9.19. The van der Waals surface area contributed by atoms with Crippen LogP contribution in [-0.2, 0) is 30.3 Å². The number of nitrogens with zero attached hydrogens (tertiary/aromatic N) is 1. The van der Waals surface area contributed by atoms with Crippen LogP contribution in [0, 0.1) is 0 Å². The van der Waals surface area contributed by atoms with Crippen molar-refractivity contribution in [2.45, 2.75) is 63.9 Å². The van der Waals surface area contributed by atoms with Gasteiger partial charge in [0.1, 0.15) is 6.10 Å². The van der Waals surface area contributed by atoms with E-state index in [0.29, 0.717) is 30.9 Å². The molecule has 2 atom stereocenters. The molecule has 1 heterocycles. The normalized spacial score (nSPS) is 13.6. The first-order valence-electron chi connectivity index (χ1n) is 15.3. The van der Waals surface area contributed by atoms with Crippen molar-refractivity contribution in [3.05, 3.63) is 112 Å². The maximum absolute atomic E-state index is 13.1. The number of hydrogen-bond donors (Lipinski definition) is 0. The van der Waals surface area contributed by atoms with Crippen molar-refractivity contribution in [2.75, 3.05) is 12.9 Å². The quantitative estimate of drug-likeness (QED) is 0.0760. The van der Waals surface area contributed by atoms with Gasteiger partial charge in [-0.05, 0) is 77.9 Å². The summed E-state index contributed by atoms with van der Waals surface area (Å²) >= 11 is 6.15. The molecule has 0 fully saturated rings. The SMILES string of the molecule is CCC(C(=O)OCC[Si](C)(C)C)c1ccccc1CC[C@@H](OS(C)(=O)=O)c1cccc(/C=C/c2ccc3ccc(Cl)cc3n2)c1. The topological polar surface area (TPSA) is 82.6 Å². The van der Waals surface area contributed by atoms with E-state index < -0.39 is 24.3 Å². The third-order valence-electron chi connectivity index (χ3n) is 7.59. The second-order valence-corrected chi connectivity index (χ2v) is 20.2. The molecule has 238 valence electrons. The van der Waals surface area contributed by atoms with Crippen LogP contribution in [0.15, 0.2) is 78.9 Å². The van der Waals surface area contributed by atoms with Gasteiger partial charge in [0.05, 0.1) is 30.0 Å². The Hall–Kier alpha value is -3.30. The molecule has 0 radical (unpaired) electrons. The summed E-state index contributed by atoms with van der Waals surface area (Å²) in [5.74, 6) is -0.596. The molecule has 0 aliphatic carbocycles. The molecular weight excluding hydrogens is 622 g/mol. The second kappa shape index (κ2) is 15.3. The van der Waals surface area contributed by atoms with Gasteiger partial charge in [-0.25, -0.2) is 4.98 Å². The predicted octanol–water partition coefficient (Wildman–Crippen LogP) is 9.08. The lowest BCUT2D eigenvalue weighted by atomic mass is 9.89. The van der Waals surface area contributed by atoms with E-state index in [1.54, 1.807) is 0 Å². The van der Waals surface area contributed by atoms with Crippen molar-refractivity contribution in [2.24, 2.45) is 0 Å². The van der Waals surface area contributed by atoms with Crippen LogP contribution >= 0.6 is 11.6 Å². The van der Waals surface area contributed by atoms with Gasteiger partial charge in [0.15, 0.2) is 0 Å². The zero-order valence-electron chi connectivity index (χ0n) is 26.6. The van der Waals surface area contributed by atoms with Crippen molar-refractivity contribution < 1.29 is 22.1 Å². The molecule has 1 aromatic heterocycles. The minimum Gasteiger partial charge on any atom is -0.466 e. The number of pyridine rings is 1. The predicted molar refractivity (Wildman–Crippen MR) is 188 cm³/mol. The summed E-state index contributed by atoms with van der Waals surface area (Å²) in [5.41, 5.74) is 5.11. The lowest BCUT2D eigenvalue weighted by Crippen LogP contribution is -2.24. The minimum absolute atomic E-state index is 0.212. The number of benzene rings is 3. The van der Waals surface area contributed by atoms with Gasteiger partial charge in [0.25, 0.3) is 10.1 Å². The van der Waals surface area contributed by atoms with Crippen LogP contribution in [-0.4, -0.2) is 40.3 Å². The summed E-state index contributed by atoms with van der Waals surface area (Å²) in [7, 11) is -5.07. The first-order chi connectivity index (χ1) is 21.3. The Bertz CT molecular complexity index is 1770. The molecule has 3 aromatic carbocycles. The first-order valence-corrected chi connectivity index (χ1v) is 21.2. The van der Waals surface area contributed by atoms with Gasteiger partial charge < -0.3 is 4.74 Å². The van der Waals surface area contributed by atoms with Gasteiger partial charge in [-0.15, -0.1) is 0 Å². The Labute approximate surface area is 273 Å². The largest absolute Gasteiger partial charge is 0.466 e. The van der Waals surface area contributed by atoms with Gasteiger partial charge in [0, 0.05) is 18.5 Å². The van der Waals surface area contributed by atoms with Crippen molar-refractivity contribution in [1.82, 2.24) is 4.98 Å². The van der Waals surface area contributed by atoms with Gasteiger partial charge in [-0.2, -0.15) is 8.42 Å². The van der Waals surface area contributed by atoms with E-state index in [9.17, 15) is 13.2 Å².